The van der Waals surface area contributed by atoms with Gasteiger partial charge in [0.15, 0.2) is 0 Å². The van der Waals surface area contributed by atoms with Gasteiger partial charge >= 0.3 is 0 Å². The lowest BCUT2D eigenvalue weighted by atomic mass is 9.80. The maximum absolute atomic E-state index is 2.43. The molecule has 0 aliphatic heterocycles. The molecule has 0 radical (unpaired) electrons. The van der Waals surface area contributed by atoms with Crippen molar-refractivity contribution in [2.24, 2.45) is 0 Å². The number of fused-ring (bicyclic) bond motifs is 3. The van der Waals surface area contributed by atoms with E-state index in [-0.39, 0.29) is 5.41 Å². The minimum absolute atomic E-state index is 0.112. The third-order valence-electron chi connectivity index (χ3n) is 5.06. The molecule has 1 aliphatic carbocycles. The van der Waals surface area contributed by atoms with Crippen LogP contribution in [0.1, 0.15) is 103 Å². The zero-order valence-corrected chi connectivity index (χ0v) is 18.1. The van der Waals surface area contributed by atoms with Crippen molar-refractivity contribution < 1.29 is 0 Å². The van der Waals surface area contributed by atoms with Crippen LogP contribution in [0.15, 0.2) is 36.4 Å². The molecule has 0 heterocycles. The summed E-state index contributed by atoms with van der Waals surface area (Å²) in [6, 6.07) is 14.1. The molecule has 0 saturated heterocycles. The summed E-state index contributed by atoms with van der Waals surface area (Å²) in [5.74, 6) is 1.17. The Morgan fingerprint density at radius 1 is 0.600 bits per heavy atom. The largest absolute Gasteiger partial charge is 0.0683 e. The van der Waals surface area contributed by atoms with Crippen LogP contribution in [0.25, 0.3) is 11.1 Å². The lowest BCUT2D eigenvalue weighted by Crippen LogP contribution is -2.15. The van der Waals surface area contributed by atoms with Gasteiger partial charge in [-0.1, -0.05) is 106 Å². The third-order valence-corrected chi connectivity index (χ3v) is 5.06. The molecule has 1 aliphatic rings. The molecular weight excluding hydrogens is 300 g/mol. The fraction of sp³-hybridized carbons (Fsp3) is 0.520. The summed E-state index contributed by atoms with van der Waals surface area (Å²) in [5.41, 5.74) is 8.83. The van der Waals surface area contributed by atoms with E-state index in [0.717, 1.165) is 0 Å². The van der Waals surface area contributed by atoms with Gasteiger partial charge in [-0.3, -0.25) is 0 Å². The molecule has 25 heavy (non-hydrogen) atoms. The highest BCUT2D eigenvalue weighted by molar-refractivity contribution is 5.81. The molecule has 3 rings (SSSR count). The zero-order valence-electron chi connectivity index (χ0n) is 18.1. The molecule has 138 valence electrons. The number of rotatable bonds is 2. The average molecular weight is 339 g/mol. The molecule has 0 bridgehead atoms. The Labute approximate surface area is 156 Å². The van der Waals surface area contributed by atoms with E-state index in [2.05, 4.69) is 77.9 Å². The van der Waals surface area contributed by atoms with E-state index in [0.29, 0.717) is 11.8 Å². The molecular formula is C25H38. The van der Waals surface area contributed by atoms with E-state index in [4.69, 9.17) is 0 Å². The van der Waals surface area contributed by atoms with Gasteiger partial charge in [0.2, 0.25) is 0 Å². The van der Waals surface area contributed by atoms with E-state index in [1.165, 1.54) is 33.4 Å². The fourth-order valence-electron chi connectivity index (χ4n) is 3.49. The Morgan fingerprint density at radius 2 is 0.920 bits per heavy atom. The van der Waals surface area contributed by atoms with Crippen molar-refractivity contribution in [1.29, 1.82) is 0 Å². The van der Waals surface area contributed by atoms with Crippen molar-refractivity contribution in [3.8, 4) is 11.1 Å². The van der Waals surface area contributed by atoms with Crippen LogP contribution in [-0.2, 0) is 5.41 Å². The van der Waals surface area contributed by atoms with Crippen LogP contribution in [0.5, 0.6) is 0 Å². The summed E-state index contributed by atoms with van der Waals surface area (Å²) in [5, 5.41) is 0. The molecule has 0 spiro atoms. The normalized spacial score (nSPS) is 13.4. The average Bonchev–Trinajstić information content (AvgIpc) is 2.85. The summed E-state index contributed by atoms with van der Waals surface area (Å²) in [6.45, 7) is 21.8. The lowest BCUT2D eigenvalue weighted by molar-refractivity contribution is 0.655. The Kier molecular flexibility index (Phi) is 7.47. The van der Waals surface area contributed by atoms with E-state index >= 15 is 0 Å². The Bertz CT molecular complexity index is 628. The summed E-state index contributed by atoms with van der Waals surface area (Å²) >= 11 is 0. The second-order valence-corrected chi connectivity index (χ2v) is 7.54. The molecule has 0 unspecified atom stereocenters. The Morgan fingerprint density at radius 3 is 1.20 bits per heavy atom. The maximum Gasteiger partial charge on any atom is 0.0159 e. The predicted molar refractivity (Wildman–Crippen MR) is 115 cm³/mol. The van der Waals surface area contributed by atoms with Gasteiger partial charge in [-0.15, -0.1) is 0 Å². The van der Waals surface area contributed by atoms with Gasteiger partial charge in [-0.2, -0.15) is 0 Å². The molecule has 0 saturated carbocycles. The summed E-state index contributed by atoms with van der Waals surface area (Å²) in [7, 11) is 0. The van der Waals surface area contributed by atoms with Gasteiger partial charge in [-0.05, 0) is 45.2 Å². The highest BCUT2D eigenvalue weighted by Gasteiger charge is 2.35. The number of benzene rings is 2. The van der Waals surface area contributed by atoms with Gasteiger partial charge in [0.05, 0.1) is 0 Å². The maximum atomic E-state index is 2.43. The van der Waals surface area contributed by atoms with Crippen molar-refractivity contribution in [3.63, 3.8) is 0 Å². The van der Waals surface area contributed by atoms with Crippen molar-refractivity contribution >= 4 is 0 Å². The van der Waals surface area contributed by atoms with Crippen LogP contribution >= 0.6 is 0 Å². The number of hydrogen-bond acceptors (Lipinski definition) is 0. The molecule has 0 N–H and O–H groups in total. The molecule has 0 heteroatoms. The third kappa shape index (κ3) is 4.00. The molecule has 0 amide bonds. The predicted octanol–water partition coefficient (Wildman–Crippen LogP) is 8.29. The Hall–Kier alpha value is -1.56. The first-order chi connectivity index (χ1) is 11.8. The summed E-state index contributed by atoms with van der Waals surface area (Å²) < 4.78 is 0. The van der Waals surface area contributed by atoms with Crippen molar-refractivity contribution in [2.75, 3.05) is 0 Å². The molecule has 0 aromatic heterocycles. The molecule has 2 aromatic rings. The van der Waals surface area contributed by atoms with Crippen LogP contribution in [-0.4, -0.2) is 0 Å². The van der Waals surface area contributed by atoms with Crippen molar-refractivity contribution in [3.05, 3.63) is 58.7 Å². The number of hydrogen-bond donors (Lipinski definition) is 0. The van der Waals surface area contributed by atoms with E-state index in [1.54, 1.807) is 0 Å². The van der Waals surface area contributed by atoms with Gasteiger partial charge in [-0.25, -0.2) is 0 Å². The van der Waals surface area contributed by atoms with E-state index in [1.807, 2.05) is 27.7 Å². The van der Waals surface area contributed by atoms with E-state index < -0.39 is 0 Å². The van der Waals surface area contributed by atoms with E-state index in [9.17, 15) is 0 Å². The van der Waals surface area contributed by atoms with Gasteiger partial charge in [0, 0.05) is 5.41 Å². The second-order valence-electron chi connectivity index (χ2n) is 7.54. The van der Waals surface area contributed by atoms with Crippen molar-refractivity contribution in [2.45, 2.75) is 86.5 Å². The lowest BCUT2D eigenvalue weighted by Gasteiger charge is -2.23. The minimum Gasteiger partial charge on any atom is -0.0683 e. The van der Waals surface area contributed by atoms with Crippen LogP contribution < -0.4 is 0 Å². The highest BCUT2D eigenvalue weighted by Crippen LogP contribution is 2.49. The molecule has 2 aromatic carbocycles. The Balaban J connectivity index is 0.000000730. The summed E-state index contributed by atoms with van der Waals surface area (Å²) in [6.07, 6.45) is 0. The minimum atomic E-state index is 0.112. The quantitative estimate of drug-likeness (QED) is 0.516. The second kappa shape index (κ2) is 8.70. The van der Waals surface area contributed by atoms with Crippen LogP contribution in [0.2, 0.25) is 0 Å². The smallest absolute Gasteiger partial charge is 0.0159 e. The fourth-order valence-corrected chi connectivity index (χ4v) is 3.49. The first-order valence-electron chi connectivity index (χ1n) is 10.1. The van der Waals surface area contributed by atoms with Crippen LogP contribution in [0.4, 0.5) is 0 Å². The summed E-state index contributed by atoms with van der Waals surface area (Å²) in [4.78, 5) is 0. The van der Waals surface area contributed by atoms with Gasteiger partial charge in [0.1, 0.15) is 0 Å². The SMILES string of the molecule is CC.CC.CC(C)c1ccc2c(c1)C(C)(C)c1cc(C(C)C)ccc1-2. The van der Waals surface area contributed by atoms with Crippen LogP contribution in [0, 0.1) is 0 Å². The first-order valence-corrected chi connectivity index (χ1v) is 10.1. The molecule has 0 nitrogen and oxygen atoms in total. The first kappa shape index (κ1) is 21.5. The van der Waals surface area contributed by atoms with Crippen LogP contribution in [0.3, 0.4) is 0 Å². The van der Waals surface area contributed by atoms with Gasteiger partial charge in [0.25, 0.3) is 0 Å². The topological polar surface area (TPSA) is 0 Å². The standard InChI is InChI=1S/C21H26.2C2H6/c1-13(2)15-7-9-17-18-10-8-16(14(3)4)12-20(18)21(5,6)19(17)11-15;2*1-2/h7-14H,1-6H3;2*1-2H3. The van der Waals surface area contributed by atoms with Crippen molar-refractivity contribution in [1.82, 2.24) is 0 Å². The highest BCUT2D eigenvalue weighted by atomic mass is 14.4. The molecule has 0 fully saturated rings. The van der Waals surface area contributed by atoms with Gasteiger partial charge < -0.3 is 0 Å². The molecule has 0 atom stereocenters. The zero-order chi connectivity index (χ0) is 19.4. The monoisotopic (exact) mass is 338 g/mol.